The lowest BCUT2D eigenvalue weighted by Crippen LogP contribution is -2.32. The van der Waals surface area contributed by atoms with Crippen molar-refractivity contribution in [2.45, 2.75) is 38.5 Å². The average molecular weight is 385 g/mol. The third-order valence-electron chi connectivity index (χ3n) is 5.44. The molecule has 0 saturated heterocycles. The maximum atomic E-state index is 13.3. The van der Waals surface area contributed by atoms with E-state index in [2.05, 4.69) is 20.5 Å². The number of aromatic nitrogens is 4. The molecule has 0 atom stereocenters. The van der Waals surface area contributed by atoms with Gasteiger partial charge in [0.1, 0.15) is 5.82 Å². The van der Waals surface area contributed by atoms with Crippen molar-refractivity contribution in [1.82, 2.24) is 19.7 Å². The number of benzene rings is 1. The Labute approximate surface area is 161 Å². The van der Waals surface area contributed by atoms with Crippen molar-refractivity contribution in [3.05, 3.63) is 36.3 Å². The van der Waals surface area contributed by atoms with E-state index in [1.165, 1.54) is 0 Å². The molecule has 0 bridgehead atoms. The van der Waals surface area contributed by atoms with E-state index in [0.29, 0.717) is 11.3 Å². The minimum atomic E-state index is -2.65. The first-order valence-electron chi connectivity index (χ1n) is 9.27. The van der Waals surface area contributed by atoms with Crippen LogP contribution in [0.15, 0.2) is 30.5 Å². The van der Waals surface area contributed by atoms with Crippen LogP contribution >= 0.6 is 0 Å². The predicted molar refractivity (Wildman–Crippen MR) is 102 cm³/mol. The van der Waals surface area contributed by atoms with Gasteiger partial charge in [-0.3, -0.25) is 4.79 Å². The number of carbonyl (C=O) groups is 1. The number of hydrogen-bond acceptors (Lipinski definition) is 4. The normalized spacial score (nSPS) is 17.0. The van der Waals surface area contributed by atoms with E-state index in [1.807, 2.05) is 42.9 Å². The molecule has 0 unspecified atom stereocenters. The zero-order valence-corrected chi connectivity index (χ0v) is 15.7. The fourth-order valence-corrected chi connectivity index (χ4v) is 3.57. The van der Waals surface area contributed by atoms with Gasteiger partial charge < -0.3 is 9.88 Å². The molecule has 0 radical (unpaired) electrons. The highest BCUT2D eigenvalue weighted by molar-refractivity contribution is 5.94. The quantitative estimate of drug-likeness (QED) is 0.737. The number of carbonyl (C=O) groups excluding carboxylic acids is 1. The lowest BCUT2D eigenvalue weighted by Gasteiger charge is -2.27. The smallest absolute Gasteiger partial charge is 0.248 e. The van der Waals surface area contributed by atoms with Gasteiger partial charge in [-0.1, -0.05) is 6.07 Å². The van der Waals surface area contributed by atoms with Crippen LogP contribution < -0.4 is 5.32 Å². The lowest BCUT2D eigenvalue weighted by atomic mass is 9.86. The number of anilines is 1. The van der Waals surface area contributed by atoms with Crippen molar-refractivity contribution in [2.75, 3.05) is 5.32 Å². The summed E-state index contributed by atoms with van der Waals surface area (Å²) in [6.07, 6.45) is 1.68. The van der Waals surface area contributed by atoms with E-state index < -0.39 is 11.8 Å². The molecule has 1 N–H and O–H groups in total. The minimum Gasteiger partial charge on any atom is -0.331 e. The molecule has 1 aliphatic rings. The Morgan fingerprint density at radius 2 is 1.96 bits per heavy atom. The van der Waals surface area contributed by atoms with Gasteiger partial charge in [0.15, 0.2) is 5.82 Å². The maximum absolute atomic E-state index is 13.3. The van der Waals surface area contributed by atoms with E-state index in [4.69, 9.17) is 0 Å². The maximum Gasteiger partial charge on any atom is 0.248 e. The molecule has 1 aliphatic carbocycles. The zero-order valence-electron chi connectivity index (χ0n) is 15.7. The van der Waals surface area contributed by atoms with Crippen LogP contribution in [-0.4, -0.2) is 31.6 Å². The minimum absolute atomic E-state index is 0.184. The van der Waals surface area contributed by atoms with Gasteiger partial charge in [-0.25, -0.2) is 13.8 Å². The van der Waals surface area contributed by atoms with Gasteiger partial charge in [-0.15, -0.1) is 10.2 Å². The first-order chi connectivity index (χ1) is 13.3. The van der Waals surface area contributed by atoms with Crippen LogP contribution in [0.5, 0.6) is 0 Å². The van der Waals surface area contributed by atoms with Crippen LogP contribution in [0.25, 0.3) is 22.2 Å². The summed E-state index contributed by atoms with van der Waals surface area (Å²) in [6.45, 7) is 1.94. The number of nitrogens with zero attached hydrogens (tertiary/aromatic N) is 4. The summed E-state index contributed by atoms with van der Waals surface area (Å²) in [5, 5.41) is 11.8. The van der Waals surface area contributed by atoms with Crippen LogP contribution in [0.2, 0.25) is 0 Å². The fraction of sp³-hybridized carbons (Fsp3) is 0.400. The lowest BCUT2D eigenvalue weighted by molar-refractivity contribution is -0.124. The van der Waals surface area contributed by atoms with Crippen LogP contribution in [0.4, 0.5) is 14.6 Å². The highest BCUT2D eigenvalue weighted by atomic mass is 19.3. The number of halogens is 2. The molecule has 1 fully saturated rings. The summed E-state index contributed by atoms with van der Waals surface area (Å²) in [5.41, 5.74) is 2.67. The Hall–Kier alpha value is -2.90. The summed E-state index contributed by atoms with van der Waals surface area (Å²) in [5.74, 6) is -2.11. The van der Waals surface area contributed by atoms with E-state index in [0.717, 1.165) is 22.5 Å². The summed E-state index contributed by atoms with van der Waals surface area (Å²) in [7, 11) is 1.95. The highest BCUT2D eigenvalue weighted by Crippen LogP contribution is 2.36. The molecule has 146 valence electrons. The third-order valence-corrected chi connectivity index (χ3v) is 5.44. The molecule has 28 heavy (non-hydrogen) atoms. The first kappa shape index (κ1) is 18.5. The number of amides is 1. The Bertz CT molecular complexity index is 1040. The predicted octanol–water partition coefficient (Wildman–Crippen LogP) is 4.10. The van der Waals surface area contributed by atoms with Crippen LogP contribution in [-0.2, 0) is 11.8 Å². The number of imidazole rings is 1. The highest BCUT2D eigenvalue weighted by Gasteiger charge is 2.37. The van der Waals surface area contributed by atoms with Crippen molar-refractivity contribution in [2.24, 2.45) is 13.0 Å². The topological polar surface area (TPSA) is 72.7 Å². The second kappa shape index (κ2) is 6.92. The van der Waals surface area contributed by atoms with Crippen molar-refractivity contribution in [3.63, 3.8) is 0 Å². The van der Waals surface area contributed by atoms with Gasteiger partial charge in [0.05, 0.1) is 17.4 Å². The number of nitrogens with one attached hydrogen (secondary N) is 1. The second-order valence-corrected chi connectivity index (χ2v) is 7.37. The molecule has 0 aliphatic heterocycles. The Morgan fingerprint density at radius 1 is 1.21 bits per heavy atom. The molecule has 4 rings (SSSR count). The van der Waals surface area contributed by atoms with Crippen LogP contribution in [0.3, 0.4) is 0 Å². The molecular formula is C20H21F2N5O. The van der Waals surface area contributed by atoms with E-state index in [9.17, 15) is 13.6 Å². The number of alkyl halides is 2. The first-order valence-corrected chi connectivity index (χ1v) is 9.27. The van der Waals surface area contributed by atoms with Gasteiger partial charge in [-0.05, 0) is 38.0 Å². The number of aryl methyl sites for hydroxylation is 1. The third kappa shape index (κ3) is 3.58. The van der Waals surface area contributed by atoms with Crippen molar-refractivity contribution in [3.8, 4) is 11.3 Å². The summed E-state index contributed by atoms with van der Waals surface area (Å²) in [4.78, 5) is 16.7. The molecule has 1 aromatic carbocycles. The van der Waals surface area contributed by atoms with Gasteiger partial charge >= 0.3 is 0 Å². The Balaban J connectivity index is 1.55. The standard InChI is InChI=1S/C20H21F2N5O/c1-12-23-11-17(27(12)2)14-3-4-16-15(9-14)10-18(26-25-16)24-19(28)13-5-7-20(21,22)8-6-13/h3-4,9-11,13H,5-8H2,1-2H3,(H,24,26,28). The number of fused-ring (bicyclic) bond motifs is 1. The molecular weight excluding hydrogens is 364 g/mol. The van der Waals surface area contributed by atoms with E-state index >= 15 is 0 Å². The SMILES string of the molecule is Cc1ncc(-c2ccc3nnc(NC(=O)C4CCC(F)(F)CC4)cc3c2)n1C. The summed E-state index contributed by atoms with van der Waals surface area (Å²) >= 11 is 0. The second-order valence-electron chi connectivity index (χ2n) is 7.37. The fourth-order valence-electron chi connectivity index (χ4n) is 3.57. The molecule has 1 saturated carbocycles. The van der Waals surface area contributed by atoms with Crippen LogP contribution in [0, 0.1) is 12.8 Å². The van der Waals surface area contributed by atoms with Crippen molar-refractivity contribution in [1.29, 1.82) is 0 Å². The average Bonchev–Trinajstić information content (AvgIpc) is 3.00. The molecule has 1 amide bonds. The zero-order chi connectivity index (χ0) is 19.9. The van der Waals surface area contributed by atoms with E-state index in [1.54, 1.807) is 6.07 Å². The summed E-state index contributed by atoms with van der Waals surface area (Å²) < 4.78 is 28.6. The molecule has 2 heterocycles. The number of rotatable bonds is 3. The van der Waals surface area contributed by atoms with Gasteiger partial charge in [0.25, 0.3) is 0 Å². The summed E-state index contributed by atoms with van der Waals surface area (Å²) in [6, 6.07) is 7.55. The van der Waals surface area contributed by atoms with Gasteiger partial charge in [0.2, 0.25) is 11.8 Å². The van der Waals surface area contributed by atoms with Gasteiger partial charge in [0, 0.05) is 36.8 Å². The van der Waals surface area contributed by atoms with Gasteiger partial charge in [-0.2, -0.15) is 0 Å². The molecule has 6 nitrogen and oxygen atoms in total. The van der Waals surface area contributed by atoms with E-state index in [-0.39, 0.29) is 31.6 Å². The Kier molecular flexibility index (Phi) is 4.56. The molecule has 8 heteroatoms. The van der Waals surface area contributed by atoms with Crippen LogP contribution in [0.1, 0.15) is 31.5 Å². The van der Waals surface area contributed by atoms with Crippen molar-refractivity contribution >= 4 is 22.6 Å². The molecule has 3 aromatic rings. The monoisotopic (exact) mass is 385 g/mol. The van der Waals surface area contributed by atoms with Crippen molar-refractivity contribution < 1.29 is 13.6 Å². The Morgan fingerprint density at radius 3 is 2.64 bits per heavy atom. The molecule has 0 spiro atoms. The number of hydrogen-bond donors (Lipinski definition) is 1. The molecule has 2 aromatic heterocycles. The largest absolute Gasteiger partial charge is 0.331 e.